The average molecular weight is 265 g/mol. The molecule has 0 atom stereocenters. The molecular formula is C10H19NO5S. The topological polar surface area (TPSA) is 92.7 Å². The van der Waals surface area contributed by atoms with E-state index in [2.05, 4.69) is 5.32 Å². The third-order valence-electron chi connectivity index (χ3n) is 2.24. The van der Waals surface area contributed by atoms with Crippen molar-refractivity contribution in [2.24, 2.45) is 0 Å². The Morgan fingerprint density at radius 3 is 2.35 bits per heavy atom. The van der Waals surface area contributed by atoms with Gasteiger partial charge in [-0.3, -0.25) is 0 Å². The van der Waals surface area contributed by atoms with Crippen molar-refractivity contribution in [2.75, 3.05) is 18.1 Å². The summed E-state index contributed by atoms with van der Waals surface area (Å²) in [6.45, 7) is 5.44. The zero-order chi connectivity index (χ0) is 13.3. The molecule has 1 amide bonds. The van der Waals surface area contributed by atoms with Crippen LogP contribution in [0.5, 0.6) is 0 Å². The summed E-state index contributed by atoms with van der Waals surface area (Å²) in [6, 6.07) is 0. The second-order valence-corrected chi connectivity index (χ2v) is 7.50. The number of amides is 1. The molecule has 1 fully saturated rings. The predicted molar refractivity (Wildman–Crippen MR) is 62.5 cm³/mol. The minimum absolute atomic E-state index is 0.195. The van der Waals surface area contributed by atoms with Crippen LogP contribution in [0.15, 0.2) is 0 Å². The van der Waals surface area contributed by atoms with Gasteiger partial charge < -0.3 is 15.2 Å². The largest absolute Gasteiger partial charge is 0.444 e. The van der Waals surface area contributed by atoms with Crippen LogP contribution >= 0.6 is 0 Å². The van der Waals surface area contributed by atoms with E-state index in [1.54, 1.807) is 20.8 Å². The maximum Gasteiger partial charge on any atom is 0.407 e. The molecule has 1 saturated heterocycles. The maximum atomic E-state index is 11.2. The second-order valence-electron chi connectivity index (χ2n) is 5.44. The Morgan fingerprint density at radius 2 is 1.94 bits per heavy atom. The smallest absolute Gasteiger partial charge is 0.407 e. The molecule has 100 valence electrons. The van der Waals surface area contributed by atoms with Crippen molar-refractivity contribution < 1.29 is 23.1 Å². The Balaban J connectivity index is 2.23. The molecule has 0 aliphatic carbocycles. The summed E-state index contributed by atoms with van der Waals surface area (Å²) in [5, 5.41) is 12.2. The van der Waals surface area contributed by atoms with Gasteiger partial charge in [0.1, 0.15) is 5.60 Å². The highest BCUT2D eigenvalue weighted by atomic mass is 32.2. The first-order chi connectivity index (χ1) is 7.52. The molecule has 0 spiro atoms. The normalized spacial score (nSPS) is 21.4. The Bertz CT molecular complexity index is 383. The monoisotopic (exact) mass is 265 g/mol. The molecule has 0 radical (unpaired) electrons. The van der Waals surface area contributed by atoms with Gasteiger partial charge in [-0.1, -0.05) is 0 Å². The first-order valence-corrected chi connectivity index (χ1v) is 7.23. The minimum atomic E-state index is -3.06. The lowest BCUT2D eigenvalue weighted by Gasteiger charge is -2.35. The summed E-state index contributed by atoms with van der Waals surface area (Å²) < 4.78 is 26.8. The number of hydrogen-bond acceptors (Lipinski definition) is 5. The third-order valence-corrected chi connectivity index (χ3v) is 4.19. The molecular weight excluding hydrogens is 246 g/mol. The zero-order valence-electron chi connectivity index (χ0n) is 10.3. The van der Waals surface area contributed by atoms with E-state index in [-0.39, 0.29) is 24.5 Å². The molecule has 0 aromatic heterocycles. The molecule has 2 N–H and O–H groups in total. The van der Waals surface area contributed by atoms with E-state index in [0.29, 0.717) is 0 Å². The van der Waals surface area contributed by atoms with Crippen LogP contribution in [0, 0.1) is 0 Å². The van der Waals surface area contributed by atoms with Crippen molar-refractivity contribution in [3.63, 3.8) is 0 Å². The molecule has 7 heteroatoms. The zero-order valence-corrected chi connectivity index (χ0v) is 11.1. The number of hydrogen-bond donors (Lipinski definition) is 2. The second kappa shape index (κ2) is 4.45. The lowest BCUT2D eigenvalue weighted by atomic mass is 10.0. The van der Waals surface area contributed by atoms with Gasteiger partial charge in [-0.25, -0.2) is 13.2 Å². The van der Waals surface area contributed by atoms with Crippen molar-refractivity contribution in [3.05, 3.63) is 0 Å². The van der Waals surface area contributed by atoms with E-state index in [0.717, 1.165) is 0 Å². The van der Waals surface area contributed by atoms with Gasteiger partial charge in [0.2, 0.25) is 0 Å². The van der Waals surface area contributed by atoms with Crippen LogP contribution in [0.25, 0.3) is 0 Å². The van der Waals surface area contributed by atoms with Crippen LogP contribution in [-0.4, -0.2) is 48.9 Å². The lowest BCUT2D eigenvalue weighted by Crippen LogP contribution is -2.56. The average Bonchev–Trinajstić information content (AvgIpc) is 1.95. The van der Waals surface area contributed by atoms with Crippen LogP contribution in [0.2, 0.25) is 0 Å². The summed E-state index contributed by atoms with van der Waals surface area (Å²) >= 11 is 0. The Hall–Kier alpha value is -0.820. The fraction of sp³-hybridized carbons (Fsp3) is 0.900. The number of nitrogens with one attached hydrogen (secondary N) is 1. The number of ether oxygens (including phenoxy) is 1. The van der Waals surface area contributed by atoms with Crippen LogP contribution < -0.4 is 5.32 Å². The van der Waals surface area contributed by atoms with E-state index in [9.17, 15) is 18.3 Å². The van der Waals surface area contributed by atoms with Crippen LogP contribution in [0.1, 0.15) is 27.2 Å². The van der Waals surface area contributed by atoms with Crippen molar-refractivity contribution in [2.45, 2.75) is 38.4 Å². The number of carbonyl (C=O) groups is 1. The van der Waals surface area contributed by atoms with Crippen LogP contribution in [0.4, 0.5) is 4.79 Å². The van der Waals surface area contributed by atoms with Gasteiger partial charge in [0, 0.05) is 6.54 Å². The Labute approximate surface area is 101 Å². The van der Waals surface area contributed by atoms with Gasteiger partial charge in [-0.15, -0.1) is 0 Å². The van der Waals surface area contributed by atoms with E-state index in [4.69, 9.17) is 4.74 Å². The van der Waals surface area contributed by atoms with E-state index in [1.807, 2.05) is 0 Å². The van der Waals surface area contributed by atoms with Crippen molar-refractivity contribution >= 4 is 15.9 Å². The number of rotatable bonds is 3. The van der Waals surface area contributed by atoms with Gasteiger partial charge in [0.15, 0.2) is 9.84 Å². The fourth-order valence-electron chi connectivity index (χ4n) is 1.63. The lowest BCUT2D eigenvalue weighted by molar-refractivity contribution is 0.0456. The molecule has 0 unspecified atom stereocenters. The van der Waals surface area contributed by atoms with Gasteiger partial charge in [-0.2, -0.15) is 0 Å². The Morgan fingerprint density at radius 1 is 1.41 bits per heavy atom. The maximum absolute atomic E-state index is 11.2. The highest BCUT2D eigenvalue weighted by Crippen LogP contribution is 2.26. The molecule has 1 rings (SSSR count). The standard InChI is InChI=1S/C10H19NO5S/c1-9(2,3)16-8(12)11-5-4-10(13)6-17(14,15)7-10/h13H,4-7H2,1-3H3,(H,11,12). The van der Waals surface area contributed by atoms with Crippen LogP contribution in [0.3, 0.4) is 0 Å². The fourth-order valence-corrected chi connectivity index (χ4v) is 3.47. The summed E-state index contributed by atoms with van der Waals surface area (Å²) in [6.07, 6.45) is -0.353. The van der Waals surface area contributed by atoms with E-state index in [1.165, 1.54) is 0 Å². The predicted octanol–water partition coefficient (Wildman–Crippen LogP) is 0.0607. The molecule has 1 aliphatic rings. The molecule has 1 aliphatic heterocycles. The minimum Gasteiger partial charge on any atom is -0.444 e. The summed E-state index contributed by atoms with van der Waals surface area (Å²) in [5.74, 6) is -0.452. The third kappa shape index (κ3) is 4.91. The highest BCUT2D eigenvalue weighted by Gasteiger charge is 2.46. The number of alkyl carbamates (subject to hydrolysis) is 1. The summed E-state index contributed by atoms with van der Waals surface area (Å²) in [4.78, 5) is 11.2. The SMILES string of the molecule is CC(C)(C)OC(=O)NCCC1(O)CS(=O)(=O)C1. The summed E-state index contributed by atoms with van der Waals surface area (Å²) in [5.41, 5.74) is -1.76. The first-order valence-electron chi connectivity index (χ1n) is 5.41. The van der Waals surface area contributed by atoms with Gasteiger partial charge in [0.05, 0.1) is 17.1 Å². The number of sulfone groups is 1. The quantitative estimate of drug-likeness (QED) is 0.752. The van der Waals surface area contributed by atoms with Crippen molar-refractivity contribution in [1.82, 2.24) is 5.32 Å². The van der Waals surface area contributed by atoms with Gasteiger partial charge in [0.25, 0.3) is 0 Å². The Kier molecular flexibility index (Phi) is 3.73. The highest BCUT2D eigenvalue weighted by molar-refractivity contribution is 7.93. The van der Waals surface area contributed by atoms with Crippen molar-refractivity contribution in [3.8, 4) is 0 Å². The molecule has 1 heterocycles. The van der Waals surface area contributed by atoms with E-state index >= 15 is 0 Å². The number of carbonyl (C=O) groups excluding carboxylic acids is 1. The van der Waals surface area contributed by atoms with E-state index < -0.39 is 27.1 Å². The molecule has 0 aromatic rings. The first kappa shape index (κ1) is 14.2. The van der Waals surface area contributed by atoms with Gasteiger partial charge >= 0.3 is 6.09 Å². The van der Waals surface area contributed by atoms with Crippen LogP contribution in [-0.2, 0) is 14.6 Å². The molecule has 17 heavy (non-hydrogen) atoms. The number of aliphatic hydroxyl groups is 1. The molecule has 0 saturated carbocycles. The molecule has 0 aromatic carbocycles. The molecule has 6 nitrogen and oxygen atoms in total. The summed E-state index contributed by atoms with van der Waals surface area (Å²) in [7, 11) is -3.06. The van der Waals surface area contributed by atoms with Crippen molar-refractivity contribution in [1.29, 1.82) is 0 Å². The van der Waals surface area contributed by atoms with Gasteiger partial charge in [-0.05, 0) is 27.2 Å². The molecule has 0 bridgehead atoms.